The average Bonchev–Trinajstić information content (AvgIpc) is 3.00. The van der Waals surface area contributed by atoms with Gasteiger partial charge in [0.2, 0.25) is 0 Å². The van der Waals surface area contributed by atoms with Crippen molar-refractivity contribution in [3.8, 4) is 5.75 Å². The monoisotopic (exact) mass is 293 g/mol. The van der Waals surface area contributed by atoms with Gasteiger partial charge in [-0.2, -0.15) is 0 Å². The first-order valence-corrected chi connectivity index (χ1v) is 7.44. The standard InChI is InChI=1S/C16H23NO4/c1-16-14(15(20-21-16)9-11-18-2)8-10-17(16)12-4-6-13(19-3)7-5-12/h4-7,14-15H,8-11H2,1-3H3/t14-,15?,16+/m0/s1. The van der Waals surface area contributed by atoms with Gasteiger partial charge in [0.15, 0.2) is 5.72 Å². The first kappa shape index (κ1) is 14.6. The first-order chi connectivity index (χ1) is 10.2. The molecule has 1 aromatic rings. The van der Waals surface area contributed by atoms with Crippen molar-refractivity contribution in [2.24, 2.45) is 5.92 Å². The van der Waals surface area contributed by atoms with E-state index in [-0.39, 0.29) is 6.10 Å². The molecule has 0 aromatic heterocycles. The molecule has 2 aliphatic rings. The molecule has 0 saturated carbocycles. The minimum Gasteiger partial charge on any atom is -0.497 e. The third-order valence-corrected chi connectivity index (χ3v) is 4.67. The Kier molecular flexibility index (Phi) is 4.06. The van der Waals surface area contributed by atoms with Gasteiger partial charge in [0.05, 0.1) is 7.11 Å². The lowest BCUT2D eigenvalue weighted by Crippen LogP contribution is -2.45. The summed E-state index contributed by atoms with van der Waals surface area (Å²) in [6.45, 7) is 3.78. The smallest absolute Gasteiger partial charge is 0.178 e. The number of rotatable bonds is 5. The molecule has 2 saturated heterocycles. The molecule has 0 bridgehead atoms. The number of fused-ring (bicyclic) bond motifs is 1. The van der Waals surface area contributed by atoms with Crippen LogP contribution in [0.3, 0.4) is 0 Å². The van der Waals surface area contributed by atoms with Gasteiger partial charge in [0, 0.05) is 38.3 Å². The Morgan fingerprint density at radius 1 is 1.29 bits per heavy atom. The molecular formula is C16H23NO4. The molecule has 1 aromatic carbocycles. The number of methoxy groups -OCH3 is 2. The molecule has 0 radical (unpaired) electrons. The lowest BCUT2D eigenvalue weighted by atomic mass is 9.91. The van der Waals surface area contributed by atoms with Crippen LogP contribution in [0.15, 0.2) is 24.3 Å². The van der Waals surface area contributed by atoms with Crippen molar-refractivity contribution in [1.29, 1.82) is 0 Å². The van der Waals surface area contributed by atoms with E-state index >= 15 is 0 Å². The molecule has 0 aliphatic carbocycles. The second-order valence-corrected chi connectivity index (χ2v) is 5.80. The number of benzene rings is 1. The highest BCUT2D eigenvalue weighted by Crippen LogP contribution is 2.47. The predicted molar refractivity (Wildman–Crippen MR) is 79.3 cm³/mol. The molecule has 2 heterocycles. The van der Waals surface area contributed by atoms with E-state index in [1.54, 1.807) is 14.2 Å². The van der Waals surface area contributed by atoms with Crippen molar-refractivity contribution in [3.05, 3.63) is 24.3 Å². The largest absolute Gasteiger partial charge is 0.497 e. The number of nitrogens with zero attached hydrogens (tertiary/aromatic N) is 1. The molecule has 0 amide bonds. The summed E-state index contributed by atoms with van der Waals surface area (Å²) in [5.74, 6) is 1.23. The first-order valence-electron chi connectivity index (χ1n) is 7.44. The highest BCUT2D eigenvalue weighted by Gasteiger charge is 2.56. The molecule has 5 nitrogen and oxygen atoms in total. The van der Waals surface area contributed by atoms with Crippen LogP contribution in [-0.4, -0.2) is 39.2 Å². The van der Waals surface area contributed by atoms with Crippen molar-refractivity contribution in [1.82, 2.24) is 0 Å². The van der Waals surface area contributed by atoms with E-state index in [0.717, 1.165) is 30.8 Å². The highest BCUT2D eigenvalue weighted by atomic mass is 17.2. The summed E-state index contributed by atoms with van der Waals surface area (Å²) in [6, 6.07) is 8.09. The quantitative estimate of drug-likeness (QED) is 0.780. The second-order valence-electron chi connectivity index (χ2n) is 5.80. The van der Waals surface area contributed by atoms with E-state index < -0.39 is 5.72 Å². The maximum Gasteiger partial charge on any atom is 0.178 e. The Morgan fingerprint density at radius 2 is 2.05 bits per heavy atom. The maximum absolute atomic E-state index is 5.74. The van der Waals surface area contributed by atoms with Crippen molar-refractivity contribution in [2.75, 3.05) is 32.3 Å². The summed E-state index contributed by atoms with van der Waals surface area (Å²) >= 11 is 0. The molecular weight excluding hydrogens is 270 g/mol. The number of hydrogen-bond acceptors (Lipinski definition) is 5. The minimum absolute atomic E-state index is 0.109. The molecule has 5 heteroatoms. The predicted octanol–water partition coefficient (Wildman–Crippen LogP) is 2.60. The van der Waals surface area contributed by atoms with Crippen LogP contribution in [0.25, 0.3) is 0 Å². The fourth-order valence-corrected chi connectivity index (χ4v) is 3.45. The van der Waals surface area contributed by atoms with E-state index in [1.165, 1.54) is 0 Å². The minimum atomic E-state index is -0.396. The van der Waals surface area contributed by atoms with E-state index in [4.69, 9.17) is 19.2 Å². The summed E-state index contributed by atoms with van der Waals surface area (Å²) in [7, 11) is 3.39. The van der Waals surface area contributed by atoms with Gasteiger partial charge in [-0.25, -0.2) is 9.78 Å². The van der Waals surface area contributed by atoms with Crippen LogP contribution in [0.4, 0.5) is 5.69 Å². The molecule has 21 heavy (non-hydrogen) atoms. The van der Waals surface area contributed by atoms with Gasteiger partial charge in [0.1, 0.15) is 11.9 Å². The Balaban J connectivity index is 1.76. The molecule has 3 atom stereocenters. The number of hydrogen-bond donors (Lipinski definition) is 0. The number of ether oxygens (including phenoxy) is 2. The van der Waals surface area contributed by atoms with E-state index in [2.05, 4.69) is 24.0 Å². The lowest BCUT2D eigenvalue weighted by molar-refractivity contribution is -0.322. The summed E-state index contributed by atoms with van der Waals surface area (Å²) < 4.78 is 10.4. The molecule has 116 valence electrons. The molecule has 2 fully saturated rings. The van der Waals surface area contributed by atoms with Crippen LogP contribution in [-0.2, 0) is 14.5 Å². The summed E-state index contributed by atoms with van der Waals surface area (Å²) in [6.07, 6.45) is 2.04. The molecule has 1 unspecified atom stereocenters. The fourth-order valence-electron chi connectivity index (χ4n) is 3.45. The van der Waals surface area contributed by atoms with Crippen LogP contribution in [0.1, 0.15) is 19.8 Å². The van der Waals surface area contributed by atoms with Gasteiger partial charge in [-0.3, -0.25) is 0 Å². The molecule has 3 rings (SSSR count). The van der Waals surface area contributed by atoms with Gasteiger partial charge in [-0.1, -0.05) is 0 Å². The average molecular weight is 293 g/mol. The van der Waals surface area contributed by atoms with Crippen molar-refractivity contribution in [3.63, 3.8) is 0 Å². The van der Waals surface area contributed by atoms with Gasteiger partial charge >= 0.3 is 0 Å². The molecule has 0 N–H and O–H groups in total. The molecule has 0 spiro atoms. The SMILES string of the molecule is COCCC1OO[C@]2(C)[C@H]1CCN2c1ccc(OC)cc1. The third-order valence-electron chi connectivity index (χ3n) is 4.67. The van der Waals surface area contributed by atoms with Crippen molar-refractivity contribution in [2.45, 2.75) is 31.6 Å². The summed E-state index contributed by atoms with van der Waals surface area (Å²) in [5, 5.41) is 0. The van der Waals surface area contributed by atoms with Crippen molar-refractivity contribution < 1.29 is 19.2 Å². The van der Waals surface area contributed by atoms with Crippen LogP contribution in [0.5, 0.6) is 5.75 Å². The maximum atomic E-state index is 5.74. The fraction of sp³-hybridized carbons (Fsp3) is 0.625. The zero-order valence-corrected chi connectivity index (χ0v) is 12.9. The van der Waals surface area contributed by atoms with Gasteiger partial charge in [-0.05, 0) is 37.6 Å². The Hall–Kier alpha value is -1.30. The summed E-state index contributed by atoms with van der Waals surface area (Å²) in [5.41, 5.74) is 0.740. The lowest BCUT2D eigenvalue weighted by Gasteiger charge is -2.33. The second kappa shape index (κ2) is 5.83. The summed E-state index contributed by atoms with van der Waals surface area (Å²) in [4.78, 5) is 13.6. The Bertz CT molecular complexity index is 478. The topological polar surface area (TPSA) is 40.2 Å². The van der Waals surface area contributed by atoms with Crippen LogP contribution < -0.4 is 9.64 Å². The van der Waals surface area contributed by atoms with Crippen LogP contribution >= 0.6 is 0 Å². The Labute approximate surface area is 125 Å². The van der Waals surface area contributed by atoms with Crippen molar-refractivity contribution >= 4 is 5.69 Å². The highest BCUT2D eigenvalue weighted by molar-refractivity contribution is 5.52. The normalized spacial score (nSPS) is 31.5. The van der Waals surface area contributed by atoms with Crippen LogP contribution in [0.2, 0.25) is 0 Å². The van der Waals surface area contributed by atoms with E-state index in [1.807, 2.05) is 12.1 Å². The van der Waals surface area contributed by atoms with Gasteiger partial charge < -0.3 is 14.4 Å². The van der Waals surface area contributed by atoms with E-state index in [9.17, 15) is 0 Å². The van der Waals surface area contributed by atoms with Gasteiger partial charge in [-0.15, -0.1) is 0 Å². The third kappa shape index (κ3) is 2.50. The molecule has 2 aliphatic heterocycles. The van der Waals surface area contributed by atoms with Gasteiger partial charge in [0.25, 0.3) is 0 Å². The van der Waals surface area contributed by atoms with E-state index in [0.29, 0.717) is 12.5 Å². The Morgan fingerprint density at radius 3 is 2.71 bits per heavy atom. The number of anilines is 1. The zero-order chi connectivity index (χ0) is 14.9. The zero-order valence-electron chi connectivity index (χ0n) is 12.9. The van der Waals surface area contributed by atoms with Crippen LogP contribution in [0, 0.1) is 5.92 Å².